The second kappa shape index (κ2) is 6.73. The molecule has 0 saturated carbocycles. The maximum Gasteiger partial charge on any atom is 0.266 e. The van der Waals surface area contributed by atoms with E-state index in [4.69, 9.17) is 4.74 Å². The number of thioether (sulfide) groups is 1. The molecule has 1 aromatic carbocycles. The van der Waals surface area contributed by atoms with Gasteiger partial charge in [-0.3, -0.25) is 9.89 Å². The topological polar surface area (TPSA) is 72.3 Å². The molecule has 1 N–H and O–H groups in total. The average molecular weight is 370 g/mol. The lowest BCUT2D eigenvalue weighted by atomic mass is 10.2. The van der Waals surface area contributed by atoms with Crippen LogP contribution < -0.4 is 10.3 Å². The molecule has 0 aliphatic heterocycles. The number of benzene rings is 1. The summed E-state index contributed by atoms with van der Waals surface area (Å²) in [5.41, 5.74) is 1.47. The number of ether oxygens (including phenoxy) is 1. The van der Waals surface area contributed by atoms with Gasteiger partial charge in [-0.2, -0.15) is 0 Å². The number of aromatic nitrogens is 4. The molecule has 0 atom stereocenters. The van der Waals surface area contributed by atoms with E-state index in [-0.39, 0.29) is 5.56 Å². The zero-order chi connectivity index (χ0) is 17.2. The molecule has 0 unspecified atom stereocenters. The van der Waals surface area contributed by atoms with E-state index < -0.39 is 0 Å². The summed E-state index contributed by atoms with van der Waals surface area (Å²) in [4.78, 5) is 21.7. The van der Waals surface area contributed by atoms with Gasteiger partial charge in [-0.25, -0.2) is 14.5 Å². The van der Waals surface area contributed by atoms with Gasteiger partial charge in [0.2, 0.25) is 0 Å². The molecule has 3 heterocycles. The lowest BCUT2D eigenvalue weighted by Gasteiger charge is -2.08. The van der Waals surface area contributed by atoms with E-state index in [0.29, 0.717) is 22.6 Å². The fraction of sp³-hybridized carbons (Fsp3) is 0.118. The van der Waals surface area contributed by atoms with Crippen LogP contribution in [-0.4, -0.2) is 25.5 Å². The number of hydrogen-bond donors (Lipinski definition) is 1. The number of nitrogens with zero attached hydrogens (tertiary/aromatic N) is 3. The molecular weight excluding hydrogens is 356 g/mol. The Morgan fingerprint density at radius 2 is 2.16 bits per heavy atom. The van der Waals surface area contributed by atoms with E-state index in [2.05, 4.69) is 15.1 Å². The fourth-order valence-corrected chi connectivity index (χ4v) is 3.73. The Morgan fingerprint density at radius 1 is 1.24 bits per heavy atom. The molecule has 0 saturated heterocycles. The third-order valence-electron chi connectivity index (χ3n) is 3.47. The fourth-order valence-electron chi connectivity index (χ4n) is 2.35. The van der Waals surface area contributed by atoms with Crippen LogP contribution in [0.15, 0.2) is 57.8 Å². The molecule has 0 amide bonds. The van der Waals surface area contributed by atoms with Gasteiger partial charge in [0.15, 0.2) is 16.6 Å². The van der Waals surface area contributed by atoms with Crippen molar-refractivity contribution >= 4 is 28.7 Å². The van der Waals surface area contributed by atoms with Crippen LogP contribution in [-0.2, 0) is 0 Å². The van der Waals surface area contributed by atoms with Crippen LogP contribution in [0.1, 0.15) is 5.56 Å². The van der Waals surface area contributed by atoms with Gasteiger partial charge in [-0.05, 0) is 47.8 Å². The van der Waals surface area contributed by atoms with Crippen LogP contribution in [0.3, 0.4) is 0 Å². The molecule has 0 radical (unpaired) electrons. The summed E-state index contributed by atoms with van der Waals surface area (Å²) in [7, 11) is 0. The number of hydrogen-bond acceptors (Lipinski definition) is 6. The zero-order valence-electron chi connectivity index (χ0n) is 13.3. The highest BCUT2D eigenvalue weighted by atomic mass is 32.2. The average Bonchev–Trinajstić information content (AvgIpc) is 3.23. The second-order valence-electron chi connectivity index (χ2n) is 5.34. The molecule has 126 valence electrons. The molecule has 3 aromatic heterocycles. The third-order valence-corrected chi connectivity index (χ3v) is 5.10. The minimum atomic E-state index is -0.209. The largest absolute Gasteiger partial charge is 0.483 e. The van der Waals surface area contributed by atoms with Crippen LogP contribution in [0.25, 0.3) is 16.3 Å². The van der Waals surface area contributed by atoms with Crippen LogP contribution >= 0.6 is 23.1 Å². The first-order valence-electron chi connectivity index (χ1n) is 7.55. The summed E-state index contributed by atoms with van der Waals surface area (Å²) >= 11 is 2.96. The molecule has 0 aliphatic carbocycles. The van der Waals surface area contributed by atoms with Crippen molar-refractivity contribution in [1.82, 2.24) is 19.6 Å². The predicted octanol–water partition coefficient (Wildman–Crippen LogP) is 3.58. The Hall–Kier alpha value is -2.58. The molecule has 0 aliphatic rings. The van der Waals surface area contributed by atoms with Gasteiger partial charge in [-0.15, -0.1) is 11.3 Å². The quantitative estimate of drug-likeness (QED) is 0.429. The number of fused-ring (bicyclic) bond motifs is 1. The predicted molar refractivity (Wildman–Crippen MR) is 99.5 cm³/mol. The number of H-pyrrole nitrogens is 1. The van der Waals surface area contributed by atoms with Gasteiger partial charge in [-0.1, -0.05) is 18.2 Å². The molecule has 0 bridgehead atoms. The number of nitrogens with one attached hydrogen (secondary N) is 1. The van der Waals surface area contributed by atoms with Crippen molar-refractivity contribution in [2.75, 3.05) is 5.94 Å². The monoisotopic (exact) mass is 370 g/mol. The van der Waals surface area contributed by atoms with Crippen molar-refractivity contribution in [3.8, 4) is 16.5 Å². The van der Waals surface area contributed by atoms with Gasteiger partial charge < -0.3 is 4.74 Å². The smallest absolute Gasteiger partial charge is 0.266 e. The summed E-state index contributed by atoms with van der Waals surface area (Å²) in [5, 5.41) is 5.32. The first-order valence-corrected chi connectivity index (χ1v) is 9.41. The van der Waals surface area contributed by atoms with E-state index in [1.807, 2.05) is 48.7 Å². The van der Waals surface area contributed by atoms with Gasteiger partial charge in [0.05, 0.1) is 4.88 Å². The number of thiophene rings is 1. The summed E-state index contributed by atoms with van der Waals surface area (Å²) < 4.78 is 7.36. The first-order chi connectivity index (χ1) is 12.2. The summed E-state index contributed by atoms with van der Waals surface area (Å²) in [6.45, 7) is 2.02. The van der Waals surface area contributed by atoms with Crippen LogP contribution in [0.2, 0.25) is 0 Å². The Bertz CT molecular complexity index is 1070. The molecular formula is C17H14N4O2S2. The van der Waals surface area contributed by atoms with Gasteiger partial charge in [0.25, 0.3) is 5.56 Å². The molecule has 4 aromatic rings. The lowest BCUT2D eigenvalue weighted by molar-refractivity contribution is 0.392. The number of aromatic amines is 1. The van der Waals surface area contributed by atoms with Crippen LogP contribution in [0, 0.1) is 6.92 Å². The number of rotatable bonds is 5. The van der Waals surface area contributed by atoms with E-state index in [9.17, 15) is 4.79 Å². The van der Waals surface area contributed by atoms with Crippen molar-refractivity contribution in [3.63, 3.8) is 0 Å². The Kier molecular flexibility index (Phi) is 4.29. The normalized spacial score (nSPS) is 11.1. The zero-order valence-corrected chi connectivity index (χ0v) is 14.9. The van der Waals surface area contributed by atoms with Crippen molar-refractivity contribution in [2.24, 2.45) is 0 Å². The summed E-state index contributed by atoms with van der Waals surface area (Å²) in [5.74, 6) is 1.78. The maximum absolute atomic E-state index is 11.7. The minimum Gasteiger partial charge on any atom is -0.483 e. The standard InChI is InChI=1S/C17H14N4O2S2/c1-11-4-2-5-12(8-11)23-10-25-17-19-16(13-6-3-7-24-13)18-14-9-15(22)20-21(14)17/h2-9H,10H2,1H3,(H,20,22). The van der Waals surface area contributed by atoms with E-state index in [1.54, 1.807) is 15.9 Å². The summed E-state index contributed by atoms with van der Waals surface area (Å²) in [6, 6.07) is 13.2. The van der Waals surface area contributed by atoms with Crippen molar-refractivity contribution in [1.29, 1.82) is 0 Å². The highest BCUT2D eigenvalue weighted by Gasteiger charge is 2.12. The second-order valence-corrected chi connectivity index (χ2v) is 7.18. The Labute approximate surface area is 151 Å². The molecule has 8 heteroatoms. The van der Waals surface area contributed by atoms with Crippen molar-refractivity contribution in [3.05, 3.63) is 63.8 Å². The molecule has 6 nitrogen and oxygen atoms in total. The third kappa shape index (κ3) is 3.45. The van der Waals surface area contributed by atoms with Gasteiger partial charge >= 0.3 is 0 Å². The van der Waals surface area contributed by atoms with E-state index >= 15 is 0 Å². The van der Waals surface area contributed by atoms with Crippen LogP contribution in [0.5, 0.6) is 5.75 Å². The Morgan fingerprint density at radius 3 is 2.96 bits per heavy atom. The SMILES string of the molecule is Cc1cccc(OCSc2nc(-c3cccs3)nc3cc(=O)[nH]n23)c1. The minimum absolute atomic E-state index is 0.209. The summed E-state index contributed by atoms with van der Waals surface area (Å²) in [6.07, 6.45) is 0. The highest BCUT2D eigenvalue weighted by Crippen LogP contribution is 2.25. The molecule has 0 spiro atoms. The van der Waals surface area contributed by atoms with Gasteiger partial charge in [0, 0.05) is 6.07 Å². The van der Waals surface area contributed by atoms with E-state index in [0.717, 1.165) is 16.2 Å². The van der Waals surface area contributed by atoms with Crippen molar-refractivity contribution < 1.29 is 4.74 Å². The Balaban J connectivity index is 1.62. The highest BCUT2D eigenvalue weighted by molar-refractivity contribution is 7.99. The lowest BCUT2D eigenvalue weighted by Crippen LogP contribution is -2.05. The molecule has 4 rings (SSSR count). The number of aryl methyl sites for hydroxylation is 1. The van der Waals surface area contributed by atoms with E-state index in [1.165, 1.54) is 17.8 Å². The maximum atomic E-state index is 11.7. The molecule has 0 fully saturated rings. The van der Waals surface area contributed by atoms with Gasteiger partial charge in [0.1, 0.15) is 11.7 Å². The van der Waals surface area contributed by atoms with Crippen molar-refractivity contribution in [2.45, 2.75) is 12.1 Å². The molecule has 25 heavy (non-hydrogen) atoms. The first kappa shape index (κ1) is 15.9. The van der Waals surface area contributed by atoms with Crippen LogP contribution in [0.4, 0.5) is 0 Å².